The molecule has 21 heavy (non-hydrogen) atoms. The number of amides is 1. The minimum absolute atomic E-state index is 0.202. The molecule has 6 nitrogen and oxygen atoms in total. The predicted octanol–water partition coefficient (Wildman–Crippen LogP) is 1.51. The number of fused-ring (bicyclic) bond motifs is 1. The van der Waals surface area contributed by atoms with Gasteiger partial charge in [-0.15, -0.1) is 0 Å². The maximum absolute atomic E-state index is 13.8. The van der Waals surface area contributed by atoms with Crippen molar-refractivity contribution in [2.75, 3.05) is 25.5 Å². The van der Waals surface area contributed by atoms with E-state index in [1.807, 2.05) is 0 Å². The lowest BCUT2D eigenvalue weighted by Gasteiger charge is -2.42. The van der Waals surface area contributed by atoms with Crippen molar-refractivity contribution < 1.29 is 13.9 Å². The molecule has 1 aromatic rings. The van der Waals surface area contributed by atoms with Crippen LogP contribution in [0.5, 0.6) is 0 Å². The number of anilines is 1. The molecule has 1 spiro atoms. The quantitative estimate of drug-likeness (QED) is 0.759. The summed E-state index contributed by atoms with van der Waals surface area (Å²) in [6, 6.07) is 4.78. The molecule has 3 rings (SSSR count). The highest BCUT2D eigenvalue weighted by atomic mass is 19.1. The number of halogens is 1. The summed E-state index contributed by atoms with van der Waals surface area (Å²) in [6.45, 7) is 1.03. The lowest BCUT2D eigenvalue weighted by atomic mass is 9.94. The summed E-state index contributed by atoms with van der Waals surface area (Å²) in [6.07, 6.45) is 0.849. The number of nitrogens with zero attached hydrogens (tertiary/aromatic N) is 2. The van der Waals surface area contributed by atoms with E-state index in [9.17, 15) is 9.18 Å². The van der Waals surface area contributed by atoms with Crippen molar-refractivity contribution in [2.24, 2.45) is 10.7 Å². The average Bonchev–Trinajstić information content (AvgIpc) is 2.47. The molecule has 1 saturated heterocycles. The molecule has 1 amide bonds. The predicted molar refractivity (Wildman–Crippen MR) is 76.7 cm³/mol. The Morgan fingerprint density at radius 3 is 2.86 bits per heavy atom. The van der Waals surface area contributed by atoms with Gasteiger partial charge in [-0.1, -0.05) is 6.07 Å². The van der Waals surface area contributed by atoms with E-state index < -0.39 is 5.66 Å². The van der Waals surface area contributed by atoms with Gasteiger partial charge in [0.2, 0.25) is 0 Å². The first-order chi connectivity index (χ1) is 10.0. The molecule has 2 heterocycles. The van der Waals surface area contributed by atoms with Gasteiger partial charge < -0.3 is 20.7 Å². The van der Waals surface area contributed by atoms with Crippen molar-refractivity contribution in [3.8, 4) is 0 Å². The van der Waals surface area contributed by atoms with E-state index in [1.165, 1.54) is 13.2 Å². The molecule has 0 aliphatic carbocycles. The first kappa shape index (κ1) is 13.7. The van der Waals surface area contributed by atoms with Gasteiger partial charge in [0.1, 0.15) is 17.3 Å². The maximum atomic E-state index is 13.8. The van der Waals surface area contributed by atoms with Crippen molar-refractivity contribution in [2.45, 2.75) is 18.5 Å². The van der Waals surface area contributed by atoms with Crippen LogP contribution in [0.1, 0.15) is 18.4 Å². The molecule has 0 aromatic heterocycles. The number of aliphatic imine (C=N–C) groups is 1. The van der Waals surface area contributed by atoms with Crippen LogP contribution in [-0.4, -0.2) is 42.7 Å². The van der Waals surface area contributed by atoms with Gasteiger partial charge in [0, 0.05) is 31.6 Å². The van der Waals surface area contributed by atoms with E-state index >= 15 is 0 Å². The van der Waals surface area contributed by atoms with Crippen molar-refractivity contribution in [1.29, 1.82) is 0 Å². The van der Waals surface area contributed by atoms with Gasteiger partial charge in [0.25, 0.3) is 0 Å². The summed E-state index contributed by atoms with van der Waals surface area (Å²) < 4.78 is 18.5. The van der Waals surface area contributed by atoms with E-state index in [-0.39, 0.29) is 17.7 Å². The Kier molecular flexibility index (Phi) is 3.19. The van der Waals surface area contributed by atoms with Crippen LogP contribution >= 0.6 is 0 Å². The molecule has 0 saturated carbocycles. The third-order valence-electron chi connectivity index (χ3n) is 3.99. The van der Waals surface area contributed by atoms with Crippen LogP contribution in [0.15, 0.2) is 23.2 Å². The van der Waals surface area contributed by atoms with E-state index in [0.29, 0.717) is 37.2 Å². The number of piperidine rings is 1. The molecule has 7 heteroatoms. The monoisotopic (exact) mass is 292 g/mol. The number of likely N-dealkylation sites (tertiary alicyclic amines) is 1. The minimum atomic E-state index is -0.574. The lowest BCUT2D eigenvalue weighted by molar-refractivity contribution is 0.104. The van der Waals surface area contributed by atoms with Gasteiger partial charge in [0.05, 0.1) is 12.7 Å². The zero-order valence-electron chi connectivity index (χ0n) is 11.7. The van der Waals surface area contributed by atoms with Crippen LogP contribution in [0.2, 0.25) is 0 Å². The summed E-state index contributed by atoms with van der Waals surface area (Å²) in [5.74, 6) is -0.184. The van der Waals surface area contributed by atoms with Gasteiger partial charge in [-0.3, -0.25) is 0 Å². The number of rotatable bonds is 0. The largest absolute Gasteiger partial charge is 0.453 e. The summed E-state index contributed by atoms with van der Waals surface area (Å²) in [4.78, 5) is 17.6. The molecule has 0 radical (unpaired) electrons. The third kappa shape index (κ3) is 2.28. The number of benzene rings is 1. The minimum Gasteiger partial charge on any atom is -0.453 e. The highest BCUT2D eigenvalue weighted by Crippen LogP contribution is 2.34. The van der Waals surface area contributed by atoms with Crippen LogP contribution in [0.25, 0.3) is 0 Å². The molecule has 1 fully saturated rings. The molecule has 1 aromatic carbocycles. The fourth-order valence-electron chi connectivity index (χ4n) is 2.88. The third-order valence-corrected chi connectivity index (χ3v) is 3.99. The molecule has 0 atom stereocenters. The highest BCUT2D eigenvalue weighted by Gasteiger charge is 2.39. The zero-order chi connectivity index (χ0) is 15.0. The maximum Gasteiger partial charge on any atom is 0.409 e. The molecule has 0 unspecified atom stereocenters. The fraction of sp³-hybridized carbons (Fsp3) is 0.429. The Morgan fingerprint density at radius 1 is 1.48 bits per heavy atom. The van der Waals surface area contributed by atoms with Crippen molar-refractivity contribution in [3.63, 3.8) is 0 Å². The second-order valence-electron chi connectivity index (χ2n) is 5.27. The van der Waals surface area contributed by atoms with Gasteiger partial charge >= 0.3 is 6.09 Å². The molecule has 2 aliphatic heterocycles. The van der Waals surface area contributed by atoms with Crippen LogP contribution in [0, 0.1) is 5.82 Å². The number of methoxy groups -OCH3 is 1. The van der Waals surface area contributed by atoms with Crippen molar-refractivity contribution >= 4 is 17.6 Å². The summed E-state index contributed by atoms with van der Waals surface area (Å²) in [5, 5.41) is 3.27. The topological polar surface area (TPSA) is 80.0 Å². The van der Waals surface area contributed by atoms with Crippen LogP contribution in [-0.2, 0) is 4.74 Å². The van der Waals surface area contributed by atoms with Gasteiger partial charge in [-0.2, -0.15) is 0 Å². The van der Waals surface area contributed by atoms with Gasteiger partial charge in [-0.25, -0.2) is 14.2 Å². The standard InChI is InChI=1S/C14H17FN4O2/c1-21-13(20)19-7-5-14(6-8-19)17-10-4-2-3-9(15)11(10)12(16)18-14/h2-4,17H,5-8H2,1H3,(H2,16,18). The highest BCUT2D eigenvalue weighted by molar-refractivity contribution is 6.04. The number of amidine groups is 1. The van der Waals surface area contributed by atoms with E-state index in [0.717, 1.165) is 0 Å². The number of nitrogens with one attached hydrogen (secondary N) is 1. The SMILES string of the molecule is COC(=O)N1CCC2(CC1)N=C(N)c1c(F)cccc1N2. The Labute approximate surface area is 121 Å². The number of carbonyl (C=O) groups excluding carboxylic acids is 1. The van der Waals surface area contributed by atoms with Crippen molar-refractivity contribution in [3.05, 3.63) is 29.6 Å². The summed E-state index contributed by atoms with van der Waals surface area (Å²) >= 11 is 0. The van der Waals surface area contributed by atoms with E-state index in [4.69, 9.17) is 10.5 Å². The van der Waals surface area contributed by atoms with Gasteiger partial charge in [0.15, 0.2) is 0 Å². The molecular weight excluding hydrogens is 275 g/mol. The number of hydrogen-bond donors (Lipinski definition) is 2. The second-order valence-corrected chi connectivity index (χ2v) is 5.27. The lowest BCUT2D eigenvalue weighted by Crippen LogP contribution is -2.52. The number of nitrogens with two attached hydrogens (primary N) is 1. The zero-order valence-corrected chi connectivity index (χ0v) is 11.7. The number of carbonyl (C=O) groups is 1. The molecular formula is C14H17FN4O2. The summed E-state index contributed by atoms with van der Waals surface area (Å²) in [5.41, 5.74) is 6.33. The first-order valence-corrected chi connectivity index (χ1v) is 6.80. The molecule has 3 N–H and O–H groups in total. The van der Waals surface area contributed by atoms with Crippen molar-refractivity contribution in [1.82, 2.24) is 4.90 Å². The number of hydrogen-bond acceptors (Lipinski definition) is 5. The Balaban J connectivity index is 1.84. The van der Waals surface area contributed by atoms with Gasteiger partial charge in [-0.05, 0) is 12.1 Å². The van der Waals surface area contributed by atoms with Crippen LogP contribution < -0.4 is 11.1 Å². The van der Waals surface area contributed by atoms with E-state index in [2.05, 4.69) is 10.3 Å². The smallest absolute Gasteiger partial charge is 0.409 e. The Morgan fingerprint density at radius 2 is 2.19 bits per heavy atom. The fourth-order valence-corrected chi connectivity index (χ4v) is 2.88. The Bertz CT molecular complexity index is 609. The molecule has 112 valence electrons. The Hall–Kier alpha value is -2.31. The average molecular weight is 292 g/mol. The van der Waals surface area contributed by atoms with Crippen LogP contribution in [0.4, 0.5) is 14.9 Å². The second kappa shape index (κ2) is 4.91. The van der Waals surface area contributed by atoms with E-state index in [1.54, 1.807) is 17.0 Å². The molecule has 2 aliphatic rings. The molecule has 0 bridgehead atoms. The first-order valence-electron chi connectivity index (χ1n) is 6.80. The summed E-state index contributed by atoms with van der Waals surface area (Å²) in [7, 11) is 1.36. The normalized spacial score (nSPS) is 19.5. The van der Waals surface area contributed by atoms with Crippen LogP contribution in [0.3, 0.4) is 0 Å². The number of ether oxygens (including phenoxy) is 1.